The molecule has 12 heteroatoms. The quantitative estimate of drug-likeness (QED) is 0.364. The van der Waals surface area contributed by atoms with Gasteiger partial charge in [0.15, 0.2) is 5.75 Å². The summed E-state index contributed by atoms with van der Waals surface area (Å²) in [5.41, 5.74) is -1.32. The molecule has 190 valence electrons. The van der Waals surface area contributed by atoms with Crippen molar-refractivity contribution in [3.05, 3.63) is 92.9 Å². The number of halogens is 3. The summed E-state index contributed by atoms with van der Waals surface area (Å²) in [5.74, 6) is -1.89. The van der Waals surface area contributed by atoms with Gasteiger partial charge in [0.25, 0.3) is 11.5 Å². The highest BCUT2D eigenvalue weighted by molar-refractivity contribution is 7.71. The van der Waals surface area contributed by atoms with Gasteiger partial charge in [-0.2, -0.15) is 13.2 Å². The third-order valence-corrected chi connectivity index (χ3v) is 5.74. The van der Waals surface area contributed by atoms with E-state index in [9.17, 15) is 36.0 Å². The lowest BCUT2D eigenvalue weighted by Crippen LogP contribution is -2.33. The fourth-order valence-electron chi connectivity index (χ4n) is 3.42. The second-order valence-corrected chi connectivity index (χ2v) is 8.76. The maximum Gasteiger partial charge on any atom is 0.416 e. The number of amides is 1. The highest BCUT2D eigenvalue weighted by atomic mass is 32.2. The van der Waals surface area contributed by atoms with E-state index >= 15 is 0 Å². The van der Waals surface area contributed by atoms with Crippen molar-refractivity contribution in [2.75, 3.05) is 0 Å². The number of alkyl halides is 3. The molecule has 0 unspecified atom stereocenters. The second-order valence-electron chi connectivity index (χ2n) is 7.78. The number of nitrogens with zero attached hydrogens (tertiary/aromatic N) is 1. The number of aromatic nitrogens is 1. The predicted molar refractivity (Wildman–Crippen MR) is 125 cm³/mol. The summed E-state index contributed by atoms with van der Waals surface area (Å²) in [4.78, 5) is 37.7. The minimum absolute atomic E-state index is 0.0254. The molecule has 0 saturated heterocycles. The van der Waals surface area contributed by atoms with Crippen LogP contribution in [0.25, 0.3) is 5.69 Å². The normalized spacial score (nSPS) is 11.4. The van der Waals surface area contributed by atoms with Gasteiger partial charge in [0.2, 0.25) is 0 Å². The SMILES string of the molecule is CC(=O)Oc1cc(C(=O)NCc2ccc(C[SH](=O)=O)cc2)c(=O)n(-c2cccc(C(F)(F)F)c2)c1C. The highest BCUT2D eigenvalue weighted by Gasteiger charge is 2.31. The molecule has 36 heavy (non-hydrogen) atoms. The van der Waals surface area contributed by atoms with Crippen LogP contribution in [0.1, 0.15) is 39.7 Å². The molecule has 0 saturated carbocycles. The summed E-state index contributed by atoms with van der Waals surface area (Å²) in [6.45, 7) is 2.45. The molecule has 3 rings (SSSR count). The molecular weight excluding hydrogens is 501 g/mol. The molecule has 1 aromatic heterocycles. The monoisotopic (exact) mass is 522 g/mol. The Morgan fingerprint density at radius 1 is 1.03 bits per heavy atom. The number of carbonyl (C=O) groups excluding carboxylic acids is 2. The molecule has 2 aromatic carbocycles. The molecule has 1 N–H and O–H groups in total. The topological polar surface area (TPSA) is 112 Å². The van der Waals surface area contributed by atoms with Crippen LogP contribution >= 0.6 is 0 Å². The first kappa shape index (κ1) is 26.7. The zero-order chi connectivity index (χ0) is 26.6. The number of ether oxygens (including phenoxy) is 1. The van der Waals surface area contributed by atoms with Gasteiger partial charge in [0.05, 0.1) is 17.0 Å². The van der Waals surface area contributed by atoms with E-state index in [-0.39, 0.29) is 29.4 Å². The van der Waals surface area contributed by atoms with Crippen LogP contribution in [0.4, 0.5) is 13.2 Å². The summed E-state index contributed by atoms with van der Waals surface area (Å²) >= 11 is 0. The Balaban J connectivity index is 1.99. The lowest BCUT2D eigenvalue weighted by atomic mass is 10.1. The second kappa shape index (κ2) is 10.8. The van der Waals surface area contributed by atoms with E-state index in [4.69, 9.17) is 4.74 Å². The van der Waals surface area contributed by atoms with E-state index in [1.807, 2.05) is 0 Å². The van der Waals surface area contributed by atoms with Crippen LogP contribution in [0.5, 0.6) is 5.75 Å². The van der Waals surface area contributed by atoms with Crippen molar-refractivity contribution < 1.29 is 35.9 Å². The molecule has 0 bridgehead atoms. The number of hydrogen-bond donors (Lipinski definition) is 2. The maximum atomic E-state index is 13.2. The average Bonchev–Trinajstić information content (AvgIpc) is 2.79. The Labute approximate surface area is 205 Å². The molecule has 0 spiro atoms. The Hall–Kier alpha value is -3.93. The number of carbonyl (C=O) groups is 2. The van der Waals surface area contributed by atoms with Crippen molar-refractivity contribution in [1.82, 2.24) is 9.88 Å². The van der Waals surface area contributed by atoms with Crippen molar-refractivity contribution in [3.8, 4) is 11.4 Å². The van der Waals surface area contributed by atoms with E-state index in [1.54, 1.807) is 24.3 Å². The van der Waals surface area contributed by atoms with E-state index in [0.29, 0.717) is 11.1 Å². The van der Waals surface area contributed by atoms with Gasteiger partial charge >= 0.3 is 12.1 Å². The maximum absolute atomic E-state index is 13.2. The molecule has 0 fully saturated rings. The lowest BCUT2D eigenvalue weighted by molar-refractivity contribution is -0.137. The molecule has 0 atom stereocenters. The number of rotatable bonds is 7. The molecule has 1 heterocycles. The predicted octanol–water partition coefficient (Wildman–Crippen LogP) is 3.13. The van der Waals surface area contributed by atoms with Crippen molar-refractivity contribution in [3.63, 3.8) is 0 Å². The molecule has 0 aliphatic rings. The van der Waals surface area contributed by atoms with Gasteiger partial charge < -0.3 is 10.1 Å². The fourth-order valence-corrected chi connectivity index (χ4v) is 3.93. The summed E-state index contributed by atoms with van der Waals surface area (Å²) < 4.78 is 67.4. The largest absolute Gasteiger partial charge is 0.425 e. The first-order valence-electron chi connectivity index (χ1n) is 10.5. The molecule has 8 nitrogen and oxygen atoms in total. The molecular formula is C24H21F3N2O6S. The number of esters is 1. The van der Waals surface area contributed by atoms with Crippen molar-refractivity contribution in [1.29, 1.82) is 0 Å². The minimum atomic E-state index is -4.67. The number of benzene rings is 2. The van der Waals surface area contributed by atoms with Crippen LogP contribution in [0, 0.1) is 6.92 Å². The van der Waals surface area contributed by atoms with Gasteiger partial charge in [-0.05, 0) is 36.2 Å². The number of pyridine rings is 1. The van der Waals surface area contributed by atoms with Crippen molar-refractivity contribution in [2.24, 2.45) is 0 Å². The lowest BCUT2D eigenvalue weighted by Gasteiger charge is -2.17. The molecule has 3 aromatic rings. The zero-order valence-electron chi connectivity index (χ0n) is 19.1. The molecule has 0 aliphatic heterocycles. The number of hydrogen-bond acceptors (Lipinski definition) is 6. The van der Waals surface area contributed by atoms with Gasteiger partial charge in [-0.3, -0.25) is 19.0 Å². The Kier molecular flexibility index (Phi) is 7.98. The van der Waals surface area contributed by atoms with Crippen LogP contribution in [0.3, 0.4) is 0 Å². The molecule has 0 aliphatic carbocycles. The molecule has 1 amide bonds. The third-order valence-electron chi connectivity index (χ3n) is 5.12. The zero-order valence-corrected chi connectivity index (χ0v) is 20.0. The number of thiol groups is 1. The van der Waals surface area contributed by atoms with Gasteiger partial charge in [-0.1, -0.05) is 30.3 Å². The smallest absolute Gasteiger partial charge is 0.416 e. The third kappa shape index (κ3) is 6.39. The first-order chi connectivity index (χ1) is 16.9. The van der Waals surface area contributed by atoms with E-state index < -0.39 is 45.4 Å². The Morgan fingerprint density at radius 3 is 2.25 bits per heavy atom. The first-order valence-corrected chi connectivity index (χ1v) is 11.8. The summed E-state index contributed by atoms with van der Waals surface area (Å²) in [5, 5.41) is 2.54. The van der Waals surface area contributed by atoms with E-state index in [0.717, 1.165) is 35.8 Å². The Morgan fingerprint density at radius 2 is 1.67 bits per heavy atom. The van der Waals surface area contributed by atoms with Gasteiger partial charge in [0, 0.05) is 25.2 Å². The van der Waals surface area contributed by atoms with Gasteiger partial charge in [0.1, 0.15) is 16.3 Å². The Bertz CT molecular complexity index is 1440. The summed E-state index contributed by atoms with van der Waals surface area (Å²) in [6.07, 6.45) is -4.67. The van der Waals surface area contributed by atoms with Gasteiger partial charge in [-0.25, -0.2) is 8.42 Å². The van der Waals surface area contributed by atoms with Crippen LogP contribution in [0.2, 0.25) is 0 Å². The summed E-state index contributed by atoms with van der Waals surface area (Å²) in [7, 11) is -2.59. The van der Waals surface area contributed by atoms with E-state index in [1.165, 1.54) is 13.0 Å². The van der Waals surface area contributed by atoms with Gasteiger partial charge in [-0.15, -0.1) is 0 Å². The fraction of sp³-hybridized carbons (Fsp3) is 0.208. The summed E-state index contributed by atoms with van der Waals surface area (Å²) in [6, 6.07) is 11.4. The molecule has 0 radical (unpaired) electrons. The van der Waals surface area contributed by atoms with Crippen molar-refractivity contribution >= 4 is 22.6 Å². The van der Waals surface area contributed by atoms with Crippen LogP contribution < -0.4 is 15.6 Å². The average molecular weight is 523 g/mol. The van der Waals surface area contributed by atoms with Crippen LogP contribution in [-0.4, -0.2) is 24.9 Å². The van der Waals surface area contributed by atoms with Crippen molar-refractivity contribution in [2.45, 2.75) is 32.3 Å². The van der Waals surface area contributed by atoms with Crippen LogP contribution in [0.15, 0.2) is 59.4 Å². The van der Waals surface area contributed by atoms with Crippen LogP contribution in [-0.2, 0) is 34.0 Å². The minimum Gasteiger partial charge on any atom is -0.425 e. The van der Waals surface area contributed by atoms with E-state index in [2.05, 4.69) is 5.32 Å². The number of nitrogens with one attached hydrogen (secondary N) is 1. The standard InChI is InChI=1S/C24H21F3N2O6S/c1-14-21(35-15(2)30)11-20(22(31)28-12-16-6-8-17(9-7-16)13-36(33)34)23(32)29(14)19-5-3-4-18(10-19)24(25,26)27/h3-11,36H,12-13H2,1-2H3,(H,28,31). The highest BCUT2D eigenvalue weighted by Crippen LogP contribution is 2.31.